The summed E-state index contributed by atoms with van der Waals surface area (Å²) in [6.45, 7) is 6.70. The molecule has 0 heterocycles. The number of aliphatic hydroxyl groups is 1. The van der Waals surface area contributed by atoms with Crippen molar-refractivity contribution < 1.29 is 9.84 Å². The first-order chi connectivity index (χ1) is 5.64. The standard InChI is InChI=1S/C10H22O2/c1-5-9(6-2)10(11,7-3)8-12-4/h9,11H,5-8H2,1-4H3. The maximum Gasteiger partial charge on any atom is 0.0905 e. The van der Waals surface area contributed by atoms with Gasteiger partial charge in [0.15, 0.2) is 0 Å². The Bertz CT molecular complexity index is 110. The minimum atomic E-state index is -0.613. The largest absolute Gasteiger partial charge is 0.387 e. The van der Waals surface area contributed by atoms with E-state index in [2.05, 4.69) is 13.8 Å². The van der Waals surface area contributed by atoms with Gasteiger partial charge in [0.2, 0.25) is 0 Å². The fourth-order valence-corrected chi connectivity index (χ4v) is 1.81. The van der Waals surface area contributed by atoms with Gasteiger partial charge in [-0.3, -0.25) is 0 Å². The van der Waals surface area contributed by atoms with E-state index in [1.54, 1.807) is 7.11 Å². The van der Waals surface area contributed by atoms with Crippen LogP contribution in [0, 0.1) is 5.92 Å². The minimum absolute atomic E-state index is 0.363. The summed E-state index contributed by atoms with van der Waals surface area (Å²) < 4.78 is 5.03. The summed E-state index contributed by atoms with van der Waals surface area (Å²) in [5.74, 6) is 0.363. The van der Waals surface area contributed by atoms with Crippen LogP contribution in [0.15, 0.2) is 0 Å². The van der Waals surface area contributed by atoms with E-state index in [9.17, 15) is 5.11 Å². The predicted molar refractivity (Wildman–Crippen MR) is 51.2 cm³/mol. The highest BCUT2D eigenvalue weighted by molar-refractivity contribution is 4.83. The molecule has 74 valence electrons. The van der Waals surface area contributed by atoms with Crippen molar-refractivity contribution >= 4 is 0 Å². The topological polar surface area (TPSA) is 29.5 Å². The lowest BCUT2D eigenvalue weighted by Gasteiger charge is -2.33. The molecule has 1 N–H and O–H groups in total. The molecule has 0 aliphatic rings. The van der Waals surface area contributed by atoms with Crippen LogP contribution in [-0.2, 0) is 4.74 Å². The zero-order valence-electron chi connectivity index (χ0n) is 8.76. The van der Waals surface area contributed by atoms with Crippen LogP contribution in [0.25, 0.3) is 0 Å². The Morgan fingerprint density at radius 3 is 2.00 bits per heavy atom. The molecule has 12 heavy (non-hydrogen) atoms. The fourth-order valence-electron chi connectivity index (χ4n) is 1.81. The molecule has 0 aliphatic heterocycles. The molecule has 0 aromatic heterocycles. The first-order valence-electron chi connectivity index (χ1n) is 4.85. The summed E-state index contributed by atoms with van der Waals surface area (Å²) in [6, 6.07) is 0. The Morgan fingerprint density at radius 1 is 1.25 bits per heavy atom. The normalized spacial score (nSPS) is 16.5. The van der Waals surface area contributed by atoms with E-state index >= 15 is 0 Å². The highest BCUT2D eigenvalue weighted by Crippen LogP contribution is 2.27. The van der Waals surface area contributed by atoms with Crippen molar-refractivity contribution in [3.05, 3.63) is 0 Å². The van der Waals surface area contributed by atoms with E-state index in [-0.39, 0.29) is 0 Å². The van der Waals surface area contributed by atoms with E-state index in [1.807, 2.05) is 6.92 Å². The quantitative estimate of drug-likeness (QED) is 0.669. The van der Waals surface area contributed by atoms with Gasteiger partial charge in [-0.1, -0.05) is 33.6 Å². The highest BCUT2D eigenvalue weighted by atomic mass is 16.5. The van der Waals surface area contributed by atoms with Crippen molar-refractivity contribution in [1.82, 2.24) is 0 Å². The zero-order valence-corrected chi connectivity index (χ0v) is 8.76. The van der Waals surface area contributed by atoms with Gasteiger partial charge in [0.25, 0.3) is 0 Å². The number of hydrogen-bond donors (Lipinski definition) is 1. The number of ether oxygens (including phenoxy) is 1. The van der Waals surface area contributed by atoms with Crippen LogP contribution in [0.4, 0.5) is 0 Å². The third kappa shape index (κ3) is 2.76. The van der Waals surface area contributed by atoms with Gasteiger partial charge in [-0.25, -0.2) is 0 Å². The van der Waals surface area contributed by atoms with Crippen LogP contribution in [0.2, 0.25) is 0 Å². The molecule has 0 fully saturated rings. The lowest BCUT2D eigenvalue weighted by atomic mass is 9.82. The van der Waals surface area contributed by atoms with E-state index in [1.165, 1.54) is 0 Å². The molecule has 0 bridgehead atoms. The van der Waals surface area contributed by atoms with Gasteiger partial charge in [-0.15, -0.1) is 0 Å². The van der Waals surface area contributed by atoms with Gasteiger partial charge in [0.1, 0.15) is 0 Å². The van der Waals surface area contributed by atoms with Crippen molar-refractivity contribution in [3.63, 3.8) is 0 Å². The molecule has 0 aliphatic carbocycles. The number of rotatable bonds is 6. The first kappa shape index (κ1) is 11.9. The molecule has 0 aromatic carbocycles. The SMILES string of the molecule is CCC(CC)C(O)(CC)COC. The van der Waals surface area contributed by atoms with Gasteiger partial charge in [0.05, 0.1) is 12.2 Å². The predicted octanol–water partition coefficient (Wildman–Crippen LogP) is 2.21. The second-order valence-electron chi connectivity index (χ2n) is 3.40. The molecule has 2 heteroatoms. The highest BCUT2D eigenvalue weighted by Gasteiger charge is 2.32. The summed E-state index contributed by atoms with van der Waals surface area (Å²) >= 11 is 0. The molecular weight excluding hydrogens is 152 g/mol. The lowest BCUT2D eigenvalue weighted by Crippen LogP contribution is -2.41. The monoisotopic (exact) mass is 174 g/mol. The Morgan fingerprint density at radius 2 is 1.75 bits per heavy atom. The molecular formula is C10H22O2. The average Bonchev–Trinajstić information content (AvgIpc) is 2.07. The van der Waals surface area contributed by atoms with Crippen molar-refractivity contribution in [2.75, 3.05) is 13.7 Å². The van der Waals surface area contributed by atoms with Crippen molar-refractivity contribution in [3.8, 4) is 0 Å². The molecule has 1 atom stereocenters. The van der Waals surface area contributed by atoms with E-state index < -0.39 is 5.60 Å². The van der Waals surface area contributed by atoms with Gasteiger partial charge < -0.3 is 9.84 Å². The average molecular weight is 174 g/mol. The fraction of sp³-hybridized carbons (Fsp3) is 1.00. The maximum atomic E-state index is 10.2. The van der Waals surface area contributed by atoms with Crippen LogP contribution in [0.5, 0.6) is 0 Å². The summed E-state index contributed by atoms with van der Waals surface area (Å²) in [6.07, 6.45) is 2.81. The van der Waals surface area contributed by atoms with E-state index in [0.717, 1.165) is 19.3 Å². The molecule has 0 radical (unpaired) electrons. The molecule has 0 saturated carbocycles. The molecule has 0 aromatic rings. The molecule has 1 unspecified atom stereocenters. The lowest BCUT2D eigenvalue weighted by molar-refractivity contribution is -0.0788. The second-order valence-corrected chi connectivity index (χ2v) is 3.40. The van der Waals surface area contributed by atoms with Crippen LogP contribution in [0.3, 0.4) is 0 Å². The second kappa shape index (κ2) is 5.55. The third-order valence-corrected chi connectivity index (χ3v) is 2.75. The summed E-state index contributed by atoms with van der Waals surface area (Å²) in [7, 11) is 1.64. The molecule has 0 amide bonds. The minimum Gasteiger partial charge on any atom is -0.387 e. The molecule has 0 rings (SSSR count). The maximum absolute atomic E-state index is 10.2. The molecule has 0 saturated heterocycles. The van der Waals surface area contributed by atoms with Gasteiger partial charge in [0, 0.05) is 7.11 Å². The number of hydrogen-bond acceptors (Lipinski definition) is 2. The van der Waals surface area contributed by atoms with E-state index in [0.29, 0.717) is 12.5 Å². The smallest absolute Gasteiger partial charge is 0.0905 e. The Hall–Kier alpha value is -0.0800. The van der Waals surface area contributed by atoms with Crippen LogP contribution < -0.4 is 0 Å². The van der Waals surface area contributed by atoms with Crippen molar-refractivity contribution in [2.45, 2.75) is 45.6 Å². The van der Waals surface area contributed by atoms with Gasteiger partial charge in [-0.2, -0.15) is 0 Å². The zero-order chi connectivity index (χ0) is 9.61. The third-order valence-electron chi connectivity index (χ3n) is 2.75. The summed E-state index contributed by atoms with van der Waals surface area (Å²) in [5.41, 5.74) is -0.613. The summed E-state index contributed by atoms with van der Waals surface area (Å²) in [4.78, 5) is 0. The van der Waals surface area contributed by atoms with Gasteiger partial charge in [-0.05, 0) is 12.3 Å². The van der Waals surface area contributed by atoms with Crippen molar-refractivity contribution in [2.24, 2.45) is 5.92 Å². The molecule has 0 spiro atoms. The van der Waals surface area contributed by atoms with Crippen LogP contribution in [-0.4, -0.2) is 24.4 Å². The Labute approximate surface area is 75.9 Å². The first-order valence-corrected chi connectivity index (χ1v) is 4.85. The van der Waals surface area contributed by atoms with Gasteiger partial charge >= 0.3 is 0 Å². The van der Waals surface area contributed by atoms with Crippen molar-refractivity contribution in [1.29, 1.82) is 0 Å². The summed E-state index contributed by atoms with van der Waals surface area (Å²) in [5, 5.41) is 10.2. The number of methoxy groups -OCH3 is 1. The Kier molecular flexibility index (Phi) is 5.51. The van der Waals surface area contributed by atoms with E-state index in [4.69, 9.17) is 4.74 Å². The van der Waals surface area contributed by atoms with Crippen LogP contribution >= 0.6 is 0 Å². The van der Waals surface area contributed by atoms with Crippen LogP contribution in [0.1, 0.15) is 40.0 Å². The molecule has 2 nitrogen and oxygen atoms in total. The Balaban J connectivity index is 4.24.